The van der Waals surface area contributed by atoms with Crippen LogP contribution in [0.25, 0.3) is 0 Å². The average Bonchev–Trinajstić information content (AvgIpc) is 3.01. The molecule has 7 heteroatoms. The van der Waals surface area contributed by atoms with Crippen molar-refractivity contribution in [2.24, 2.45) is 46.2 Å². The number of hydrogen-bond acceptors (Lipinski definition) is 5. The van der Waals surface area contributed by atoms with Gasteiger partial charge in [0.05, 0.1) is 12.5 Å². The molecule has 2 unspecified atom stereocenters. The van der Waals surface area contributed by atoms with Crippen molar-refractivity contribution in [1.82, 2.24) is 0 Å². The second-order valence-corrected chi connectivity index (χ2v) is 11.6. The maximum absolute atomic E-state index is 12.7. The molecule has 1 amide bonds. The van der Waals surface area contributed by atoms with E-state index in [4.69, 9.17) is 5.73 Å². The van der Waals surface area contributed by atoms with E-state index in [0.717, 1.165) is 43.3 Å². The van der Waals surface area contributed by atoms with Crippen LogP contribution in [0.4, 0.5) is 0 Å². The molecule has 34 heavy (non-hydrogen) atoms. The number of primary amides is 1. The van der Waals surface area contributed by atoms with Crippen molar-refractivity contribution in [3.05, 3.63) is 23.3 Å². The lowest BCUT2D eigenvalue weighted by Gasteiger charge is -2.58. The predicted molar refractivity (Wildman–Crippen MR) is 125 cm³/mol. The zero-order valence-corrected chi connectivity index (χ0v) is 20.4. The van der Waals surface area contributed by atoms with E-state index >= 15 is 0 Å². The number of ketones is 2. The molecule has 0 aromatic heterocycles. The van der Waals surface area contributed by atoms with Crippen LogP contribution in [-0.2, 0) is 19.2 Å². The largest absolute Gasteiger partial charge is 0.475 e. The molecule has 4 N–H and O–H groups in total. The van der Waals surface area contributed by atoms with Gasteiger partial charge in [-0.05, 0) is 86.2 Å². The normalized spacial score (nSPS) is 39.8. The number of carboxylic acids is 1. The summed E-state index contributed by atoms with van der Waals surface area (Å²) in [5, 5.41) is 19.7. The molecular formula is C27H37NO6. The number of aliphatic hydroxyl groups is 1. The Labute approximate surface area is 200 Å². The number of Topliss-reactive ketones (excluding diaryl/α,β-unsaturated/α-hetero) is 1. The van der Waals surface area contributed by atoms with E-state index in [1.807, 2.05) is 6.92 Å². The van der Waals surface area contributed by atoms with Crippen LogP contribution in [0, 0.1) is 40.4 Å². The smallest absolute Gasteiger partial charge is 0.372 e. The Bertz CT molecular complexity index is 982. The van der Waals surface area contributed by atoms with E-state index < -0.39 is 29.7 Å². The Morgan fingerprint density at radius 3 is 2.53 bits per heavy atom. The molecule has 3 saturated carbocycles. The van der Waals surface area contributed by atoms with Gasteiger partial charge in [0.2, 0.25) is 11.7 Å². The summed E-state index contributed by atoms with van der Waals surface area (Å²) in [4.78, 5) is 48.0. The number of aliphatic hydroxyl groups excluding tert-OH is 1. The van der Waals surface area contributed by atoms with Crippen LogP contribution in [0.5, 0.6) is 0 Å². The van der Waals surface area contributed by atoms with Crippen LogP contribution in [-0.4, -0.2) is 39.8 Å². The lowest BCUT2D eigenvalue weighted by molar-refractivity contribution is -0.155. The molecule has 0 heterocycles. The number of carbonyl (C=O) groups is 4. The molecule has 7 nitrogen and oxygen atoms in total. The first-order valence-corrected chi connectivity index (χ1v) is 12.6. The minimum absolute atomic E-state index is 0.0208. The van der Waals surface area contributed by atoms with E-state index in [0.29, 0.717) is 24.7 Å². The highest BCUT2D eigenvalue weighted by atomic mass is 16.4. The molecule has 0 saturated heterocycles. The summed E-state index contributed by atoms with van der Waals surface area (Å²) in [6.07, 6.45) is 7.73. The highest BCUT2D eigenvalue weighted by molar-refractivity contribution is 6.33. The lowest BCUT2D eigenvalue weighted by Crippen LogP contribution is -2.52. The zero-order chi connectivity index (χ0) is 25.0. The molecule has 0 aliphatic heterocycles. The monoisotopic (exact) mass is 471 g/mol. The molecule has 0 bridgehead atoms. The Kier molecular flexibility index (Phi) is 6.38. The standard InChI is InChI=1S/C27H37NO6/c1-14-10-21-19-7-5-16-12-18(30)11-15(4-6-17(29)13-22(28)31)27(16,3)20(19)8-9-26(21,2)23(14)24(32)25(33)34/h11-12,14,17,19-21,23,29H,4-10,13H2,1-3H3,(H2,28,31)(H,33,34)/t14?,17?,19-,20+,21+,23-,26+,27+/m1/s1. The first kappa shape index (κ1) is 24.8. The lowest BCUT2D eigenvalue weighted by atomic mass is 9.46. The second-order valence-electron chi connectivity index (χ2n) is 11.6. The van der Waals surface area contributed by atoms with Crippen molar-refractivity contribution in [2.75, 3.05) is 0 Å². The fourth-order valence-corrected chi connectivity index (χ4v) is 8.47. The van der Waals surface area contributed by atoms with Crippen molar-refractivity contribution >= 4 is 23.4 Å². The number of nitrogens with two attached hydrogens (primary N) is 1. The van der Waals surface area contributed by atoms with Gasteiger partial charge in [0.1, 0.15) is 0 Å². The first-order chi connectivity index (χ1) is 15.9. The summed E-state index contributed by atoms with van der Waals surface area (Å²) < 4.78 is 0. The topological polar surface area (TPSA) is 135 Å². The fraction of sp³-hybridized carbons (Fsp3) is 0.704. The third-order valence-electron chi connectivity index (χ3n) is 9.91. The number of hydrogen-bond donors (Lipinski definition) is 3. The highest BCUT2D eigenvalue weighted by Gasteiger charge is 2.63. The summed E-state index contributed by atoms with van der Waals surface area (Å²) in [6, 6.07) is 0. The molecule has 3 fully saturated rings. The molecule has 4 aliphatic rings. The van der Waals surface area contributed by atoms with E-state index in [9.17, 15) is 29.4 Å². The minimum atomic E-state index is -1.33. The zero-order valence-electron chi connectivity index (χ0n) is 20.4. The van der Waals surface area contributed by atoms with E-state index in [1.54, 1.807) is 12.2 Å². The number of carbonyl (C=O) groups excluding carboxylic acids is 3. The molecule has 8 atom stereocenters. The molecule has 0 aromatic carbocycles. The maximum atomic E-state index is 12.7. The molecule has 4 aliphatic carbocycles. The quantitative estimate of drug-likeness (QED) is 0.488. The first-order valence-electron chi connectivity index (χ1n) is 12.6. The van der Waals surface area contributed by atoms with Crippen molar-refractivity contribution in [3.63, 3.8) is 0 Å². The molecule has 0 radical (unpaired) electrons. The van der Waals surface area contributed by atoms with Crippen LogP contribution in [0.2, 0.25) is 0 Å². The van der Waals surface area contributed by atoms with Crippen molar-refractivity contribution < 1.29 is 29.4 Å². The molecular weight excluding hydrogens is 434 g/mol. The van der Waals surface area contributed by atoms with Gasteiger partial charge in [-0.15, -0.1) is 0 Å². The van der Waals surface area contributed by atoms with Crippen molar-refractivity contribution in [2.45, 2.75) is 78.2 Å². The van der Waals surface area contributed by atoms with Gasteiger partial charge >= 0.3 is 5.97 Å². The highest BCUT2D eigenvalue weighted by Crippen LogP contribution is 2.68. The van der Waals surface area contributed by atoms with Gasteiger partial charge in [-0.25, -0.2) is 4.79 Å². The number of aliphatic carboxylic acids is 1. The van der Waals surface area contributed by atoms with E-state index in [-0.39, 0.29) is 34.9 Å². The molecule has 4 rings (SSSR count). The van der Waals surface area contributed by atoms with E-state index in [1.165, 1.54) is 0 Å². The van der Waals surface area contributed by atoms with Crippen molar-refractivity contribution in [3.8, 4) is 0 Å². The third kappa shape index (κ3) is 3.86. The van der Waals surface area contributed by atoms with Gasteiger partial charge in [0, 0.05) is 11.3 Å². The van der Waals surface area contributed by atoms with Crippen LogP contribution >= 0.6 is 0 Å². The number of rotatable bonds is 7. The summed E-state index contributed by atoms with van der Waals surface area (Å²) in [5.74, 6) is -2.04. The third-order valence-corrected chi connectivity index (χ3v) is 9.91. The van der Waals surface area contributed by atoms with Crippen LogP contribution in [0.15, 0.2) is 23.3 Å². The Balaban J connectivity index is 1.63. The van der Waals surface area contributed by atoms with Gasteiger partial charge < -0.3 is 15.9 Å². The van der Waals surface area contributed by atoms with Gasteiger partial charge in [-0.2, -0.15) is 0 Å². The van der Waals surface area contributed by atoms with Crippen LogP contribution < -0.4 is 5.73 Å². The average molecular weight is 472 g/mol. The minimum Gasteiger partial charge on any atom is -0.475 e. The summed E-state index contributed by atoms with van der Waals surface area (Å²) in [7, 11) is 0. The number of carboxylic acid groups (broad SMARTS) is 1. The summed E-state index contributed by atoms with van der Waals surface area (Å²) >= 11 is 0. The van der Waals surface area contributed by atoms with Gasteiger partial charge in [0.15, 0.2) is 5.78 Å². The number of fused-ring (bicyclic) bond motifs is 5. The predicted octanol–water partition coefficient (Wildman–Crippen LogP) is 3.20. The Hall–Kier alpha value is -2.28. The van der Waals surface area contributed by atoms with Crippen LogP contribution in [0.3, 0.4) is 0 Å². The fourth-order valence-electron chi connectivity index (χ4n) is 8.47. The van der Waals surface area contributed by atoms with Gasteiger partial charge in [-0.1, -0.05) is 31.9 Å². The van der Waals surface area contributed by atoms with Gasteiger partial charge in [-0.3, -0.25) is 14.4 Å². The van der Waals surface area contributed by atoms with Crippen LogP contribution in [0.1, 0.15) is 72.1 Å². The molecule has 0 aromatic rings. The summed E-state index contributed by atoms with van der Waals surface area (Å²) in [5.41, 5.74) is 6.77. The molecule has 186 valence electrons. The van der Waals surface area contributed by atoms with Crippen molar-refractivity contribution in [1.29, 1.82) is 0 Å². The van der Waals surface area contributed by atoms with E-state index in [2.05, 4.69) is 13.8 Å². The summed E-state index contributed by atoms with van der Waals surface area (Å²) in [6.45, 7) is 6.36. The van der Waals surface area contributed by atoms with Gasteiger partial charge in [0.25, 0.3) is 0 Å². The molecule has 0 spiro atoms. The Morgan fingerprint density at radius 2 is 1.88 bits per heavy atom. The Morgan fingerprint density at radius 1 is 1.18 bits per heavy atom. The number of allylic oxidation sites excluding steroid dienone is 4. The maximum Gasteiger partial charge on any atom is 0.372 e. The second kappa shape index (κ2) is 8.74. The number of amides is 1. The SMILES string of the molecule is CC1C[C@H]2[C@@H]3CCC4=CC(=O)C=C(CCC(O)CC(N)=O)[C@]4(C)[C@H]3CC[C@]2(C)[C@H]1C(=O)C(=O)O.